The summed E-state index contributed by atoms with van der Waals surface area (Å²) in [4.78, 5) is 22.9. The van der Waals surface area contributed by atoms with Gasteiger partial charge in [0.25, 0.3) is 5.91 Å². The highest BCUT2D eigenvalue weighted by atomic mass is 79.9. The van der Waals surface area contributed by atoms with Gasteiger partial charge in [0.15, 0.2) is 11.5 Å². The lowest BCUT2D eigenvalue weighted by atomic mass is 10.2. The second-order valence-electron chi connectivity index (χ2n) is 7.87. The van der Waals surface area contributed by atoms with Crippen molar-refractivity contribution in [3.63, 3.8) is 0 Å². The van der Waals surface area contributed by atoms with Crippen molar-refractivity contribution in [2.45, 2.75) is 26.4 Å². The second-order valence-corrected chi connectivity index (χ2v) is 8.73. The Bertz CT molecular complexity index is 1380. The standard InChI is InChI=1S/C26H23BrF3N3O6/c1-3-11-38-23-9-6-17(13-24(23)37-4-2)25(34)32-31-15-16-5-8-21(19(27)12-16)39-22-10-7-18(26(28,29)30)14-20(22)33(35)36/h5-10,12-15H,3-4,11H2,1-2H3,(H,32,34)/b31-15+. The molecule has 0 radical (unpaired) electrons. The van der Waals surface area contributed by atoms with E-state index in [0.717, 1.165) is 12.5 Å². The Kier molecular flexibility index (Phi) is 9.88. The van der Waals surface area contributed by atoms with Crippen LogP contribution in [0.25, 0.3) is 0 Å². The largest absolute Gasteiger partial charge is 0.490 e. The van der Waals surface area contributed by atoms with E-state index in [-0.39, 0.29) is 11.5 Å². The maximum Gasteiger partial charge on any atom is 0.416 e. The number of hydrogen-bond acceptors (Lipinski definition) is 7. The van der Waals surface area contributed by atoms with E-state index in [4.69, 9.17) is 14.2 Å². The molecule has 1 amide bonds. The van der Waals surface area contributed by atoms with Gasteiger partial charge in [-0.15, -0.1) is 0 Å². The first kappa shape index (κ1) is 29.4. The van der Waals surface area contributed by atoms with Crippen LogP contribution in [-0.4, -0.2) is 30.3 Å². The van der Waals surface area contributed by atoms with Crippen molar-refractivity contribution in [3.8, 4) is 23.0 Å². The molecule has 0 heterocycles. The molecule has 0 saturated carbocycles. The molecule has 0 atom stereocenters. The highest BCUT2D eigenvalue weighted by Crippen LogP contribution is 2.39. The molecule has 3 aromatic rings. The molecule has 206 valence electrons. The van der Waals surface area contributed by atoms with E-state index >= 15 is 0 Å². The summed E-state index contributed by atoms with van der Waals surface area (Å²) in [5.41, 5.74) is 1.25. The third kappa shape index (κ3) is 7.93. The van der Waals surface area contributed by atoms with Crippen LogP contribution in [0.2, 0.25) is 0 Å². The van der Waals surface area contributed by atoms with Crippen LogP contribution in [0.15, 0.2) is 64.2 Å². The normalized spacial score (nSPS) is 11.3. The lowest BCUT2D eigenvalue weighted by Crippen LogP contribution is -2.17. The van der Waals surface area contributed by atoms with Crippen molar-refractivity contribution >= 4 is 33.7 Å². The molecule has 1 N–H and O–H groups in total. The van der Waals surface area contributed by atoms with Gasteiger partial charge in [-0.05, 0) is 83.4 Å². The first-order valence-electron chi connectivity index (χ1n) is 11.6. The minimum absolute atomic E-state index is 0.118. The van der Waals surface area contributed by atoms with Gasteiger partial charge in [-0.2, -0.15) is 18.3 Å². The minimum atomic E-state index is -4.74. The van der Waals surface area contributed by atoms with Crippen LogP contribution in [0.5, 0.6) is 23.0 Å². The molecule has 9 nitrogen and oxygen atoms in total. The Hall–Kier alpha value is -4.13. The van der Waals surface area contributed by atoms with E-state index in [1.807, 2.05) is 13.8 Å². The van der Waals surface area contributed by atoms with Gasteiger partial charge in [0.05, 0.1) is 34.4 Å². The number of nitro benzene ring substituents is 1. The molecule has 0 aliphatic rings. The zero-order valence-electron chi connectivity index (χ0n) is 20.8. The summed E-state index contributed by atoms with van der Waals surface area (Å²) in [6.07, 6.45) is -2.56. The van der Waals surface area contributed by atoms with Gasteiger partial charge in [0, 0.05) is 11.6 Å². The minimum Gasteiger partial charge on any atom is -0.490 e. The Morgan fingerprint density at radius 3 is 2.38 bits per heavy atom. The van der Waals surface area contributed by atoms with Crippen molar-refractivity contribution in [1.82, 2.24) is 5.43 Å². The van der Waals surface area contributed by atoms with Crippen LogP contribution in [0, 0.1) is 10.1 Å². The molecule has 0 unspecified atom stereocenters. The van der Waals surface area contributed by atoms with E-state index in [0.29, 0.717) is 52.4 Å². The topological polar surface area (TPSA) is 112 Å². The lowest BCUT2D eigenvalue weighted by Gasteiger charge is -2.12. The van der Waals surface area contributed by atoms with Crippen molar-refractivity contribution in [1.29, 1.82) is 0 Å². The second kappa shape index (κ2) is 13.1. The van der Waals surface area contributed by atoms with Gasteiger partial charge in [0.1, 0.15) is 5.75 Å². The van der Waals surface area contributed by atoms with Crippen molar-refractivity contribution < 1.29 is 37.1 Å². The van der Waals surface area contributed by atoms with E-state index in [9.17, 15) is 28.1 Å². The molecule has 39 heavy (non-hydrogen) atoms. The number of halogens is 4. The zero-order chi connectivity index (χ0) is 28.6. The Balaban J connectivity index is 1.70. The zero-order valence-corrected chi connectivity index (χ0v) is 22.3. The molecule has 0 aromatic heterocycles. The van der Waals surface area contributed by atoms with Crippen LogP contribution < -0.4 is 19.6 Å². The van der Waals surface area contributed by atoms with Gasteiger partial charge in [0.2, 0.25) is 5.75 Å². The number of hydrazone groups is 1. The third-order valence-corrected chi connectivity index (χ3v) is 5.63. The van der Waals surface area contributed by atoms with E-state index < -0.39 is 28.3 Å². The summed E-state index contributed by atoms with van der Waals surface area (Å²) < 4.78 is 55.8. The van der Waals surface area contributed by atoms with Crippen LogP contribution >= 0.6 is 15.9 Å². The maximum atomic E-state index is 12.9. The Labute approximate surface area is 229 Å². The molecule has 0 aliphatic heterocycles. The van der Waals surface area contributed by atoms with Gasteiger partial charge in [-0.1, -0.05) is 6.92 Å². The van der Waals surface area contributed by atoms with Gasteiger partial charge in [-0.25, -0.2) is 5.43 Å². The molecule has 0 fully saturated rings. The van der Waals surface area contributed by atoms with Gasteiger partial charge < -0.3 is 14.2 Å². The number of carbonyl (C=O) groups excluding carboxylic acids is 1. The Morgan fingerprint density at radius 1 is 1.03 bits per heavy atom. The maximum absolute atomic E-state index is 12.9. The van der Waals surface area contributed by atoms with Crippen LogP contribution in [-0.2, 0) is 6.18 Å². The van der Waals surface area contributed by atoms with E-state index in [2.05, 4.69) is 26.5 Å². The predicted octanol–water partition coefficient (Wildman–Crippen LogP) is 7.12. The number of amides is 1. The molecule has 3 aromatic carbocycles. The molecule has 3 rings (SSSR count). The average Bonchev–Trinajstić information content (AvgIpc) is 2.89. The molecule has 0 saturated heterocycles. The fraction of sp³-hybridized carbons (Fsp3) is 0.231. The predicted molar refractivity (Wildman–Crippen MR) is 141 cm³/mol. The summed E-state index contributed by atoms with van der Waals surface area (Å²) in [7, 11) is 0. The lowest BCUT2D eigenvalue weighted by molar-refractivity contribution is -0.385. The number of alkyl halides is 3. The highest BCUT2D eigenvalue weighted by molar-refractivity contribution is 9.10. The molecule has 13 heteroatoms. The summed E-state index contributed by atoms with van der Waals surface area (Å²) >= 11 is 3.27. The third-order valence-electron chi connectivity index (χ3n) is 5.01. The first-order chi connectivity index (χ1) is 18.5. The smallest absolute Gasteiger partial charge is 0.416 e. The number of nitrogens with zero attached hydrogens (tertiary/aromatic N) is 2. The number of benzene rings is 3. The number of ether oxygens (including phenoxy) is 3. The van der Waals surface area contributed by atoms with Crippen molar-refractivity contribution in [2.75, 3.05) is 13.2 Å². The quantitative estimate of drug-likeness (QED) is 0.141. The van der Waals surface area contributed by atoms with Crippen LogP contribution in [0.3, 0.4) is 0 Å². The van der Waals surface area contributed by atoms with Crippen LogP contribution in [0.1, 0.15) is 41.8 Å². The molecule has 0 spiro atoms. The SMILES string of the molecule is CCCOc1ccc(C(=O)N/N=C/c2ccc(Oc3ccc(C(F)(F)F)cc3[N+](=O)[O-])c(Br)c2)cc1OCC. The molecule has 0 aliphatic carbocycles. The van der Waals surface area contributed by atoms with Crippen LogP contribution in [0.4, 0.5) is 18.9 Å². The van der Waals surface area contributed by atoms with Gasteiger partial charge in [-0.3, -0.25) is 14.9 Å². The number of nitro groups is 1. The summed E-state index contributed by atoms with van der Waals surface area (Å²) in [5, 5.41) is 15.2. The molecular formula is C26H23BrF3N3O6. The molecule has 0 bridgehead atoms. The highest BCUT2D eigenvalue weighted by Gasteiger charge is 2.33. The van der Waals surface area contributed by atoms with Gasteiger partial charge >= 0.3 is 11.9 Å². The number of nitrogens with one attached hydrogen (secondary N) is 1. The number of rotatable bonds is 11. The number of carbonyl (C=O) groups is 1. The molecular weight excluding hydrogens is 587 g/mol. The monoisotopic (exact) mass is 609 g/mol. The van der Waals surface area contributed by atoms with Crippen molar-refractivity contribution in [3.05, 3.63) is 85.9 Å². The van der Waals surface area contributed by atoms with Crippen molar-refractivity contribution in [2.24, 2.45) is 5.10 Å². The van der Waals surface area contributed by atoms with E-state index in [1.54, 1.807) is 30.3 Å². The summed E-state index contributed by atoms with van der Waals surface area (Å²) in [6.45, 7) is 4.70. The average molecular weight is 610 g/mol. The van der Waals surface area contributed by atoms with E-state index in [1.165, 1.54) is 12.3 Å². The fourth-order valence-electron chi connectivity index (χ4n) is 3.20. The first-order valence-corrected chi connectivity index (χ1v) is 12.4. The summed E-state index contributed by atoms with van der Waals surface area (Å²) in [6, 6.07) is 11.3. The number of hydrogen-bond donors (Lipinski definition) is 1. The fourth-order valence-corrected chi connectivity index (χ4v) is 3.68. The Morgan fingerprint density at radius 2 is 1.74 bits per heavy atom. The summed E-state index contributed by atoms with van der Waals surface area (Å²) in [5.74, 6) is 0.249.